The average molecular weight is 398 g/mol. The van der Waals surface area contributed by atoms with Gasteiger partial charge in [0, 0.05) is 25.4 Å². The number of likely N-dealkylation sites (tertiary alicyclic amines) is 1. The lowest BCUT2D eigenvalue weighted by Crippen LogP contribution is -2.33. The van der Waals surface area contributed by atoms with Gasteiger partial charge in [0.1, 0.15) is 11.8 Å². The second-order valence-electron chi connectivity index (χ2n) is 6.31. The Kier molecular flexibility index (Phi) is 6.13. The van der Waals surface area contributed by atoms with Crippen molar-refractivity contribution in [1.82, 2.24) is 9.88 Å². The molecule has 0 radical (unpaired) electrons. The smallest absolute Gasteiger partial charge is 0.295 e. The van der Waals surface area contributed by atoms with Crippen molar-refractivity contribution in [3.05, 3.63) is 59.4 Å². The summed E-state index contributed by atoms with van der Waals surface area (Å²) in [7, 11) is 4.48. The van der Waals surface area contributed by atoms with Gasteiger partial charge in [-0.1, -0.05) is 6.07 Å². The van der Waals surface area contributed by atoms with Crippen molar-refractivity contribution in [2.75, 3.05) is 34.5 Å². The fourth-order valence-corrected chi connectivity index (χ4v) is 3.28. The Bertz CT molecular complexity index is 941. The number of nitrogens with zero attached hydrogens (tertiary/aromatic N) is 2. The van der Waals surface area contributed by atoms with Crippen LogP contribution >= 0.6 is 0 Å². The van der Waals surface area contributed by atoms with Crippen LogP contribution in [0.3, 0.4) is 0 Å². The van der Waals surface area contributed by atoms with E-state index in [0.29, 0.717) is 22.8 Å². The first-order chi connectivity index (χ1) is 14.0. The number of aliphatic hydroxyl groups is 1. The number of carbonyl (C=O) groups is 2. The summed E-state index contributed by atoms with van der Waals surface area (Å²) in [5.41, 5.74) is 0.773. The monoisotopic (exact) mass is 398 g/mol. The summed E-state index contributed by atoms with van der Waals surface area (Å²) in [6.07, 6.45) is 1.57. The van der Waals surface area contributed by atoms with Gasteiger partial charge in [0.2, 0.25) is 0 Å². The first-order valence-electron chi connectivity index (χ1n) is 8.94. The van der Waals surface area contributed by atoms with Gasteiger partial charge < -0.3 is 24.2 Å². The normalized spacial score (nSPS) is 18.2. The molecule has 1 saturated heterocycles. The third-order valence-electron chi connectivity index (χ3n) is 4.70. The first kappa shape index (κ1) is 20.3. The lowest BCUT2D eigenvalue weighted by Gasteiger charge is -2.24. The van der Waals surface area contributed by atoms with Crippen molar-refractivity contribution >= 4 is 17.4 Å². The maximum Gasteiger partial charge on any atom is 0.295 e. The summed E-state index contributed by atoms with van der Waals surface area (Å²) in [6.45, 7) is 0.428. The molecule has 8 nitrogen and oxygen atoms in total. The number of hydrogen-bond donors (Lipinski definition) is 1. The molecule has 152 valence electrons. The number of Topliss-reactive ketones (excluding diaryl/α,β-unsaturated/α-hetero) is 1. The number of aromatic nitrogens is 1. The van der Waals surface area contributed by atoms with Crippen LogP contribution in [0.1, 0.15) is 17.3 Å². The van der Waals surface area contributed by atoms with Crippen molar-refractivity contribution in [2.24, 2.45) is 0 Å². The van der Waals surface area contributed by atoms with E-state index in [-0.39, 0.29) is 24.5 Å². The van der Waals surface area contributed by atoms with Crippen molar-refractivity contribution < 1.29 is 28.9 Å². The molecule has 1 unspecified atom stereocenters. The number of ketones is 1. The number of hydrogen-bond acceptors (Lipinski definition) is 7. The number of amides is 1. The van der Waals surface area contributed by atoms with Crippen LogP contribution in [-0.4, -0.2) is 61.2 Å². The van der Waals surface area contributed by atoms with E-state index >= 15 is 0 Å². The molecule has 1 aromatic heterocycles. The molecule has 1 aliphatic rings. The molecular formula is C21H22N2O6. The summed E-state index contributed by atoms with van der Waals surface area (Å²) in [4.78, 5) is 31.1. The van der Waals surface area contributed by atoms with Gasteiger partial charge in [-0.3, -0.25) is 14.6 Å². The molecule has 29 heavy (non-hydrogen) atoms. The van der Waals surface area contributed by atoms with Gasteiger partial charge in [0.15, 0.2) is 11.5 Å². The van der Waals surface area contributed by atoms with Crippen LogP contribution in [0.2, 0.25) is 0 Å². The molecule has 3 rings (SSSR count). The van der Waals surface area contributed by atoms with E-state index in [1.54, 1.807) is 42.6 Å². The number of rotatable bonds is 7. The Morgan fingerprint density at radius 2 is 1.86 bits per heavy atom. The molecule has 1 aliphatic heterocycles. The zero-order chi connectivity index (χ0) is 21.0. The van der Waals surface area contributed by atoms with Crippen LogP contribution in [0.5, 0.6) is 11.5 Å². The molecule has 1 fully saturated rings. The summed E-state index contributed by atoms with van der Waals surface area (Å²) in [5.74, 6) is -0.922. The number of ether oxygens (including phenoxy) is 3. The molecule has 2 aromatic rings. The van der Waals surface area contributed by atoms with E-state index in [1.807, 2.05) is 0 Å². The number of aliphatic hydroxyl groups excluding tert-OH is 1. The highest BCUT2D eigenvalue weighted by Gasteiger charge is 2.46. The summed E-state index contributed by atoms with van der Waals surface area (Å²) >= 11 is 0. The largest absolute Gasteiger partial charge is 0.507 e. The number of carbonyl (C=O) groups excluding carboxylic acids is 2. The van der Waals surface area contributed by atoms with Crippen molar-refractivity contribution in [2.45, 2.75) is 6.04 Å². The molecule has 0 spiro atoms. The number of benzene rings is 1. The molecular weight excluding hydrogens is 376 g/mol. The third-order valence-corrected chi connectivity index (χ3v) is 4.70. The minimum Gasteiger partial charge on any atom is -0.507 e. The van der Waals surface area contributed by atoms with Gasteiger partial charge in [-0.2, -0.15) is 0 Å². The quantitative estimate of drug-likeness (QED) is 0.434. The maximum atomic E-state index is 12.8. The Labute approximate surface area is 168 Å². The number of pyridine rings is 1. The zero-order valence-corrected chi connectivity index (χ0v) is 16.4. The van der Waals surface area contributed by atoms with Crippen LogP contribution in [0.15, 0.2) is 48.2 Å². The molecule has 2 heterocycles. The molecule has 0 bridgehead atoms. The van der Waals surface area contributed by atoms with E-state index in [0.717, 1.165) is 0 Å². The standard InChI is InChI=1S/C21H22N2O6/c1-27-11-10-23-18(14-6-4-5-9-22-14)17(20(25)21(23)26)19(24)13-7-8-15(28-2)16(12-13)29-3/h4-9,12,18,24H,10-11H2,1-3H3/b19-17-. The van der Waals surface area contributed by atoms with Gasteiger partial charge >= 0.3 is 0 Å². The Balaban J connectivity index is 2.15. The summed E-state index contributed by atoms with van der Waals surface area (Å²) < 4.78 is 15.6. The van der Waals surface area contributed by atoms with Crippen molar-refractivity contribution in [1.29, 1.82) is 0 Å². The lowest BCUT2D eigenvalue weighted by molar-refractivity contribution is -0.140. The SMILES string of the molecule is COCCN1C(=O)C(=O)/C(=C(\O)c2ccc(OC)c(OC)c2)C1c1ccccn1. The highest BCUT2D eigenvalue weighted by Crippen LogP contribution is 2.39. The van der Waals surface area contributed by atoms with Crippen LogP contribution in [0.25, 0.3) is 5.76 Å². The van der Waals surface area contributed by atoms with E-state index in [1.165, 1.54) is 26.2 Å². The molecule has 0 aliphatic carbocycles. The lowest BCUT2D eigenvalue weighted by atomic mass is 9.98. The second kappa shape index (κ2) is 8.74. The fraction of sp³-hybridized carbons (Fsp3) is 0.286. The van der Waals surface area contributed by atoms with Gasteiger partial charge in [-0.15, -0.1) is 0 Å². The highest BCUT2D eigenvalue weighted by molar-refractivity contribution is 6.46. The van der Waals surface area contributed by atoms with Gasteiger partial charge in [-0.25, -0.2) is 0 Å². The topological polar surface area (TPSA) is 98.2 Å². The summed E-state index contributed by atoms with van der Waals surface area (Å²) in [5, 5.41) is 11.0. The van der Waals surface area contributed by atoms with E-state index in [9.17, 15) is 14.7 Å². The summed E-state index contributed by atoms with van der Waals surface area (Å²) in [6, 6.07) is 9.14. The average Bonchev–Trinajstić information content (AvgIpc) is 3.01. The molecule has 1 N–H and O–H groups in total. The molecule has 8 heteroatoms. The van der Waals surface area contributed by atoms with E-state index in [4.69, 9.17) is 14.2 Å². The zero-order valence-electron chi connectivity index (χ0n) is 16.4. The third kappa shape index (κ3) is 3.79. The Morgan fingerprint density at radius 3 is 2.48 bits per heavy atom. The van der Waals surface area contributed by atoms with Gasteiger partial charge in [-0.05, 0) is 30.3 Å². The second-order valence-corrected chi connectivity index (χ2v) is 6.31. The van der Waals surface area contributed by atoms with Crippen LogP contribution in [-0.2, 0) is 14.3 Å². The predicted molar refractivity (Wildman–Crippen MR) is 105 cm³/mol. The van der Waals surface area contributed by atoms with Crippen molar-refractivity contribution in [3.8, 4) is 11.5 Å². The minimum atomic E-state index is -0.820. The highest BCUT2D eigenvalue weighted by atomic mass is 16.5. The molecule has 0 saturated carbocycles. The van der Waals surface area contributed by atoms with Crippen LogP contribution < -0.4 is 9.47 Å². The van der Waals surface area contributed by atoms with Gasteiger partial charge in [0.05, 0.1) is 32.1 Å². The van der Waals surface area contributed by atoms with Crippen LogP contribution in [0.4, 0.5) is 0 Å². The molecule has 1 atom stereocenters. The number of methoxy groups -OCH3 is 3. The predicted octanol–water partition coefficient (Wildman–Crippen LogP) is 2.17. The minimum absolute atomic E-state index is 0.0305. The fourth-order valence-electron chi connectivity index (χ4n) is 3.28. The van der Waals surface area contributed by atoms with Gasteiger partial charge in [0.25, 0.3) is 11.7 Å². The molecule has 1 aromatic carbocycles. The Morgan fingerprint density at radius 1 is 1.10 bits per heavy atom. The van der Waals surface area contributed by atoms with Crippen LogP contribution in [0, 0.1) is 0 Å². The van der Waals surface area contributed by atoms with Crippen molar-refractivity contribution in [3.63, 3.8) is 0 Å². The Hall–Kier alpha value is -3.39. The molecule has 1 amide bonds. The maximum absolute atomic E-state index is 12.8. The van der Waals surface area contributed by atoms with E-state index in [2.05, 4.69) is 4.98 Å². The van der Waals surface area contributed by atoms with E-state index < -0.39 is 17.7 Å². The first-order valence-corrected chi connectivity index (χ1v) is 8.94.